The number of amides is 2. The molecule has 2 N–H and O–H groups in total. The number of methoxy groups -OCH3 is 1. The van der Waals surface area contributed by atoms with E-state index in [9.17, 15) is 14.4 Å². The van der Waals surface area contributed by atoms with Gasteiger partial charge in [-0.25, -0.2) is 4.79 Å². The number of nitrogens with zero attached hydrogens (tertiary/aromatic N) is 1. The van der Waals surface area contributed by atoms with E-state index in [0.717, 1.165) is 5.75 Å². The minimum atomic E-state index is -0.917. The highest BCUT2D eigenvalue weighted by molar-refractivity contribution is 7.99. The Kier molecular flexibility index (Phi) is 6.48. The molecule has 1 rings (SSSR count). The lowest BCUT2D eigenvalue weighted by Gasteiger charge is -2.34. The van der Waals surface area contributed by atoms with Gasteiger partial charge < -0.3 is 20.1 Å². The smallest absolute Gasteiger partial charge is 0.317 e. The summed E-state index contributed by atoms with van der Waals surface area (Å²) >= 11 is 1.64. The van der Waals surface area contributed by atoms with Crippen molar-refractivity contribution in [3.05, 3.63) is 0 Å². The van der Waals surface area contributed by atoms with Gasteiger partial charge >= 0.3 is 18.0 Å². The molecular weight excluding hydrogens is 272 g/mol. The molecule has 1 heterocycles. The number of esters is 1. The molecule has 8 heteroatoms. The summed E-state index contributed by atoms with van der Waals surface area (Å²) in [6.07, 6.45) is 0.0475. The van der Waals surface area contributed by atoms with E-state index in [1.54, 1.807) is 11.8 Å². The third kappa shape index (κ3) is 5.37. The number of carbonyl (C=O) groups is 3. The number of carboxylic acids is 1. The summed E-state index contributed by atoms with van der Waals surface area (Å²) < 4.78 is 4.47. The van der Waals surface area contributed by atoms with E-state index in [4.69, 9.17) is 5.11 Å². The Morgan fingerprint density at radius 3 is 2.84 bits per heavy atom. The van der Waals surface area contributed by atoms with Crippen LogP contribution in [0.1, 0.15) is 12.8 Å². The zero-order valence-corrected chi connectivity index (χ0v) is 11.6. The molecule has 2 amide bonds. The van der Waals surface area contributed by atoms with Crippen LogP contribution in [0, 0.1) is 0 Å². The zero-order chi connectivity index (χ0) is 14.3. The van der Waals surface area contributed by atoms with Crippen LogP contribution < -0.4 is 5.32 Å². The van der Waals surface area contributed by atoms with Gasteiger partial charge in [0.2, 0.25) is 0 Å². The van der Waals surface area contributed by atoms with Gasteiger partial charge in [-0.15, -0.1) is 0 Å². The number of urea groups is 1. The lowest BCUT2D eigenvalue weighted by Crippen LogP contribution is -2.51. The van der Waals surface area contributed by atoms with Crippen LogP contribution in [0.5, 0.6) is 0 Å². The van der Waals surface area contributed by atoms with Crippen molar-refractivity contribution in [3.63, 3.8) is 0 Å². The maximum absolute atomic E-state index is 11.9. The molecule has 7 nitrogen and oxygen atoms in total. The quantitative estimate of drug-likeness (QED) is 0.700. The van der Waals surface area contributed by atoms with Gasteiger partial charge in [0.25, 0.3) is 0 Å². The Balaban J connectivity index is 2.43. The van der Waals surface area contributed by atoms with Crippen LogP contribution in [0.15, 0.2) is 0 Å². The number of carbonyl (C=O) groups excluding carboxylic acids is 2. The number of hydrogen-bond acceptors (Lipinski definition) is 5. The lowest BCUT2D eigenvalue weighted by atomic mass is 10.2. The molecule has 108 valence electrons. The average molecular weight is 290 g/mol. The van der Waals surface area contributed by atoms with Crippen molar-refractivity contribution in [3.8, 4) is 0 Å². The van der Waals surface area contributed by atoms with Gasteiger partial charge in [0.1, 0.15) is 0 Å². The fraction of sp³-hybridized carbons (Fsp3) is 0.727. The molecule has 0 saturated carbocycles. The van der Waals surface area contributed by atoms with Crippen molar-refractivity contribution in [2.75, 3.05) is 31.7 Å². The van der Waals surface area contributed by atoms with Crippen molar-refractivity contribution >= 4 is 29.7 Å². The monoisotopic (exact) mass is 290 g/mol. The van der Waals surface area contributed by atoms with Gasteiger partial charge in [0.15, 0.2) is 0 Å². The van der Waals surface area contributed by atoms with E-state index in [1.807, 2.05) is 0 Å². The zero-order valence-electron chi connectivity index (χ0n) is 10.8. The molecular formula is C11H18N2O5S. The van der Waals surface area contributed by atoms with Crippen molar-refractivity contribution in [1.82, 2.24) is 10.2 Å². The van der Waals surface area contributed by atoms with Crippen LogP contribution >= 0.6 is 11.8 Å². The van der Waals surface area contributed by atoms with Gasteiger partial charge in [0, 0.05) is 24.6 Å². The predicted molar refractivity (Wildman–Crippen MR) is 70.1 cm³/mol. The molecule has 1 unspecified atom stereocenters. The molecule has 0 aliphatic carbocycles. The van der Waals surface area contributed by atoms with E-state index in [-0.39, 0.29) is 31.5 Å². The third-order valence-electron chi connectivity index (χ3n) is 2.73. The van der Waals surface area contributed by atoms with Crippen LogP contribution in [0.25, 0.3) is 0 Å². The molecule has 1 atom stereocenters. The normalized spacial score (nSPS) is 18.8. The SMILES string of the molecule is COC(=O)CCNC(=O)N1CCSCC1CC(=O)O. The molecule has 19 heavy (non-hydrogen) atoms. The molecule has 1 fully saturated rings. The van der Waals surface area contributed by atoms with Gasteiger partial charge in [-0.1, -0.05) is 0 Å². The van der Waals surface area contributed by atoms with Crippen molar-refractivity contribution in [1.29, 1.82) is 0 Å². The minimum absolute atomic E-state index is 0.0581. The molecule has 0 radical (unpaired) electrons. The minimum Gasteiger partial charge on any atom is -0.481 e. The third-order valence-corrected chi connectivity index (χ3v) is 3.82. The largest absolute Gasteiger partial charge is 0.481 e. The molecule has 1 aliphatic heterocycles. The van der Waals surface area contributed by atoms with Crippen LogP contribution in [0.4, 0.5) is 4.79 Å². The second-order valence-electron chi connectivity index (χ2n) is 4.08. The second kappa shape index (κ2) is 7.88. The fourth-order valence-electron chi connectivity index (χ4n) is 1.77. The molecule has 1 aliphatic rings. The van der Waals surface area contributed by atoms with Gasteiger partial charge in [-0.3, -0.25) is 9.59 Å². The van der Waals surface area contributed by atoms with Crippen LogP contribution in [0.3, 0.4) is 0 Å². The standard InChI is InChI=1S/C11H18N2O5S/c1-18-10(16)2-3-12-11(17)13-4-5-19-7-8(13)6-9(14)15/h8H,2-7H2,1H3,(H,12,17)(H,14,15). The number of carboxylic acid groups (broad SMARTS) is 1. The highest BCUT2D eigenvalue weighted by Crippen LogP contribution is 2.18. The van der Waals surface area contributed by atoms with Gasteiger partial charge in [-0.05, 0) is 0 Å². The van der Waals surface area contributed by atoms with E-state index in [1.165, 1.54) is 12.0 Å². The van der Waals surface area contributed by atoms with Crippen LogP contribution in [0.2, 0.25) is 0 Å². The first-order valence-corrected chi connectivity index (χ1v) is 7.11. The predicted octanol–water partition coefficient (Wildman–Crippen LogP) is 0.151. The number of ether oxygens (including phenoxy) is 1. The molecule has 0 aromatic heterocycles. The van der Waals surface area contributed by atoms with Gasteiger partial charge in [0.05, 0.1) is 26.0 Å². The fourth-order valence-corrected chi connectivity index (χ4v) is 2.83. The summed E-state index contributed by atoms with van der Waals surface area (Å²) in [5, 5.41) is 11.4. The maximum Gasteiger partial charge on any atom is 0.317 e. The highest BCUT2D eigenvalue weighted by atomic mass is 32.2. The Morgan fingerprint density at radius 2 is 2.21 bits per heavy atom. The summed E-state index contributed by atoms with van der Waals surface area (Å²) in [4.78, 5) is 35.1. The first-order valence-electron chi connectivity index (χ1n) is 5.95. The molecule has 0 aromatic carbocycles. The Morgan fingerprint density at radius 1 is 1.47 bits per heavy atom. The van der Waals surface area contributed by atoms with E-state index in [2.05, 4.69) is 10.1 Å². The van der Waals surface area contributed by atoms with Crippen molar-refractivity contribution in [2.45, 2.75) is 18.9 Å². The Bertz CT molecular complexity index is 350. The number of rotatable bonds is 5. The maximum atomic E-state index is 11.9. The molecule has 0 bridgehead atoms. The molecule has 0 aromatic rings. The number of nitrogens with one attached hydrogen (secondary N) is 1. The van der Waals surface area contributed by atoms with Gasteiger partial charge in [-0.2, -0.15) is 11.8 Å². The highest BCUT2D eigenvalue weighted by Gasteiger charge is 2.28. The number of aliphatic carboxylic acids is 1. The molecule has 0 spiro atoms. The summed E-state index contributed by atoms with van der Waals surface area (Å²) in [7, 11) is 1.29. The summed E-state index contributed by atoms with van der Waals surface area (Å²) in [6, 6.07) is -0.621. The number of hydrogen-bond donors (Lipinski definition) is 2. The van der Waals surface area contributed by atoms with E-state index < -0.39 is 11.9 Å². The summed E-state index contributed by atoms with van der Waals surface area (Å²) in [5.41, 5.74) is 0. The lowest BCUT2D eigenvalue weighted by molar-refractivity contribution is -0.140. The van der Waals surface area contributed by atoms with Crippen LogP contribution in [-0.4, -0.2) is 65.7 Å². The summed E-state index contributed by atoms with van der Waals surface area (Å²) in [6.45, 7) is 0.710. The van der Waals surface area contributed by atoms with E-state index in [0.29, 0.717) is 12.3 Å². The Hall–Kier alpha value is -1.44. The summed E-state index contributed by atoms with van der Waals surface area (Å²) in [5.74, 6) is 0.105. The first-order chi connectivity index (χ1) is 9.04. The average Bonchev–Trinajstić information content (AvgIpc) is 2.38. The topological polar surface area (TPSA) is 95.9 Å². The second-order valence-corrected chi connectivity index (χ2v) is 5.23. The Labute approximate surface area is 115 Å². The first kappa shape index (κ1) is 15.6. The van der Waals surface area contributed by atoms with Crippen molar-refractivity contribution < 1.29 is 24.2 Å². The molecule has 1 saturated heterocycles. The van der Waals surface area contributed by atoms with Crippen molar-refractivity contribution in [2.24, 2.45) is 0 Å². The van der Waals surface area contributed by atoms with E-state index >= 15 is 0 Å². The number of thioether (sulfide) groups is 1. The van der Waals surface area contributed by atoms with Crippen LogP contribution in [-0.2, 0) is 14.3 Å².